The number of aromatic nitrogens is 2. The van der Waals surface area contributed by atoms with Gasteiger partial charge >= 0.3 is 5.69 Å². The van der Waals surface area contributed by atoms with Crippen LogP contribution in [0, 0.1) is 0 Å². The molecule has 3 atom stereocenters. The standard InChI is InChI=1S/C12H16IN3O6/c13-2-9(19)14-3-6-4-16(12(21)15-11(6)20)10-1-7(18)8(5-17)22-10/h4,7-8,10,17-18H,1-3,5H2,(H,14,19)(H,15,20,21)/t7-,8+,10-/m1/s1. The molecule has 10 heteroatoms. The van der Waals surface area contributed by atoms with Gasteiger partial charge in [0.05, 0.1) is 22.7 Å². The summed E-state index contributed by atoms with van der Waals surface area (Å²) < 4.78 is 6.78. The summed E-state index contributed by atoms with van der Waals surface area (Å²) in [7, 11) is 0. The number of carbonyl (C=O) groups is 1. The van der Waals surface area contributed by atoms with E-state index in [1.807, 2.05) is 22.6 Å². The highest BCUT2D eigenvalue weighted by Crippen LogP contribution is 2.27. The molecule has 0 aliphatic carbocycles. The molecule has 122 valence electrons. The number of hydrogen-bond donors (Lipinski definition) is 4. The van der Waals surface area contributed by atoms with Gasteiger partial charge in [-0.15, -0.1) is 0 Å². The number of halogens is 1. The van der Waals surface area contributed by atoms with Gasteiger partial charge in [0.15, 0.2) is 0 Å². The molecule has 1 aromatic rings. The molecule has 0 spiro atoms. The van der Waals surface area contributed by atoms with Crippen molar-refractivity contribution in [1.82, 2.24) is 14.9 Å². The van der Waals surface area contributed by atoms with Crippen LogP contribution in [0.4, 0.5) is 0 Å². The van der Waals surface area contributed by atoms with Gasteiger partial charge in [0.25, 0.3) is 5.56 Å². The highest BCUT2D eigenvalue weighted by Gasteiger charge is 2.35. The number of aromatic amines is 1. The largest absolute Gasteiger partial charge is 0.394 e. The normalized spacial score (nSPS) is 24.4. The number of aliphatic hydroxyl groups is 2. The van der Waals surface area contributed by atoms with Crippen molar-refractivity contribution >= 4 is 28.5 Å². The molecular weight excluding hydrogens is 409 g/mol. The number of alkyl halides is 1. The molecule has 1 aromatic heterocycles. The van der Waals surface area contributed by atoms with Crippen LogP contribution in [-0.2, 0) is 16.1 Å². The minimum atomic E-state index is -0.893. The lowest BCUT2D eigenvalue weighted by Gasteiger charge is -2.15. The third kappa shape index (κ3) is 3.74. The summed E-state index contributed by atoms with van der Waals surface area (Å²) in [6.45, 7) is -0.384. The van der Waals surface area contributed by atoms with Gasteiger partial charge in [-0.3, -0.25) is 19.1 Å². The van der Waals surface area contributed by atoms with E-state index in [2.05, 4.69) is 10.3 Å². The molecule has 22 heavy (non-hydrogen) atoms. The van der Waals surface area contributed by atoms with Crippen LogP contribution in [0.5, 0.6) is 0 Å². The summed E-state index contributed by atoms with van der Waals surface area (Å²) in [6, 6.07) is 0. The lowest BCUT2D eigenvalue weighted by molar-refractivity contribution is -0.118. The van der Waals surface area contributed by atoms with Crippen molar-refractivity contribution in [3.8, 4) is 0 Å². The number of ether oxygens (including phenoxy) is 1. The maximum atomic E-state index is 11.9. The lowest BCUT2D eigenvalue weighted by Crippen LogP contribution is -2.36. The number of H-pyrrole nitrogens is 1. The Morgan fingerprint density at radius 1 is 1.55 bits per heavy atom. The van der Waals surface area contributed by atoms with Crippen molar-refractivity contribution in [3.63, 3.8) is 0 Å². The summed E-state index contributed by atoms with van der Waals surface area (Å²) in [5.41, 5.74) is -1.07. The van der Waals surface area contributed by atoms with E-state index in [9.17, 15) is 19.5 Å². The lowest BCUT2D eigenvalue weighted by atomic mass is 10.2. The monoisotopic (exact) mass is 425 g/mol. The third-order valence-electron chi connectivity index (χ3n) is 3.33. The Labute approximate surface area is 138 Å². The third-order valence-corrected chi connectivity index (χ3v) is 4.03. The highest BCUT2D eigenvalue weighted by molar-refractivity contribution is 14.1. The Morgan fingerprint density at radius 3 is 2.86 bits per heavy atom. The van der Waals surface area contributed by atoms with E-state index >= 15 is 0 Å². The fourth-order valence-corrected chi connectivity index (χ4v) is 2.43. The van der Waals surface area contributed by atoms with Gasteiger partial charge in [0.1, 0.15) is 12.3 Å². The van der Waals surface area contributed by atoms with Crippen molar-refractivity contribution in [3.05, 3.63) is 32.6 Å². The molecule has 2 heterocycles. The van der Waals surface area contributed by atoms with E-state index in [0.717, 1.165) is 4.57 Å². The quantitative estimate of drug-likeness (QED) is 0.326. The Hall–Kier alpha value is -1.24. The summed E-state index contributed by atoms with van der Waals surface area (Å²) in [5.74, 6) is -0.231. The SMILES string of the molecule is O=C(CI)NCc1cn([C@H]2C[C@@H](O)[C@H](CO)O2)c(=O)[nH]c1=O. The molecule has 2 rings (SSSR count). The first-order valence-corrected chi connectivity index (χ1v) is 8.10. The summed E-state index contributed by atoms with van der Waals surface area (Å²) in [4.78, 5) is 37.0. The molecule has 1 aliphatic heterocycles. The van der Waals surface area contributed by atoms with Crippen molar-refractivity contribution in [2.45, 2.75) is 31.4 Å². The predicted octanol–water partition coefficient (Wildman–Crippen LogP) is -1.77. The van der Waals surface area contributed by atoms with Gasteiger partial charge in [0, 0.05) is 19.2 Å². The zero-order valence-electron chi connectivity index (χ0n) is 11.5. The number of carbonyl (C=O) groups excluding carboxylic acids is 1. The van der Waals surface area contributed by atoms with Gasteiger partial charge in [-0.25, -0.2) is 4.79 Å². The van der Waals surface area contributed by atoms with Gasteiger partial charge in [-0.1, -0.05) is 22.6 Å². The molecule has 1 saturated heterocycles. The molecule has 9 nitrogen and oxygen atoms in total. The summed E-state index contributed by atoms with van der Waals surface area (Å²) >= 11 is 1.89. The molecule has 1 amide bonds. The molecule has 0 aromatic carbocycles. The van der Waals surface area contributed by atoms with Crippen molar-refractivity contribution in [2.75, 3.05) is 11.0 Å². The maximum absolute atomic E-state index is 11.9. The second-order valence-electron chi connectivity index (χ2n) is 4.85. The van der Waals surface area contributed by atoms with Crippen LogP contribution in [0.25, 0.3) is 0 Å². The Bertz CT molecular complexity index is 657. The number of nitrogens with one attached hydrogen (secondary N) is 2. The second kappa shape index (κ2) is 7.35. The van der Waals surface area contributed by atoms with E-state index in [1.165, 1.54) is 6.20 Å². The molecule has 0 bridgehead atoms. The zero-order valence-corrected chi connectivity index (χ0v) is 13.6. The molecule has 0 saturated carbocycles. The zero-order chi connectivity index (χ0) is 16.3. The van der Waals surface area contributed by atoms with Crippen LogP contribution in [0.3, 0.4) is 0 Å². The number of hydrogen-bond acceptors (Lipinski definition) is 6. The maximum Gasteiger partial charge on any atom is 0.330 e. The van der Waals surface area contributed by atoms with Gasteiger partial charge < -0.3 is 20.3 Å². The summed E-state index contributed by atoms with van der Waals surface area (Å²) in [6.07, 6.45) is -1.03. The van der Waals surface area contributed by atoms with E-state index in [4.69, 9.17) is 9.84 Å². The van der Waals surface area contributed by atoms with E-state index in [-0.39, 0.29) is 35.5 Å². The predicted molar refractivity (Wildman–Crippen MR) is 83.7 cm³/mol. The van der Waals surface area contributed by atoms with Gasteiger partial charge in [-0.05, 0) is 0 Å². The number of amides is 1. The van der Waals surface area contributed by atoms with Crippen molar-refractivity contribution < 1.29 is 19.7 Å². The number of aliphatic hydroxyl groups excluding tert-OH is 2. The topological polar surface area (TPSA) is 134 Å². The Morgan fingerprint density at radius 2 is 2.27 bits per heavy atom. The van der Waals surface area contributed by atoms with Crippen molar-refractivity contribution in [1.29, 1.82) is 0 Å². The van der Waals surface area contributed by atoms with E-state index < -0.39 is 29.7 Å². The Balaban J connectivity index is 2.23. The molecule has 0 unspecified atom stereocenters. The molecular formula is C12H16IN3O6. The van der Waals surface area contributed by atoms with Gasteiger partial charge in [-0.2, -0.15) is 0 Å². The van der Waals surface area contributed by atoms with Crippen molar-refractivity contribution in [2.24, 2.45) is 0 Å². The minimum absolute atomic E-state index is 0.0177. The van der Waals surface area contributed by atoms with E-state index in [0.29, 0.717) is 0 Å². The minimum Gasteiger partial charge on any atom is -0.394 e. The molecule has 1 aliphatic rings. The first kappa shape index (κ1) is 17.1. The second-order valence-corrected chi connectivity index (χ2v) is 5.61. The van der Waals surface area contributed by atoms with Crippen LogP contribution in [-0.4, -0.2) is 48.9 Å². The van der Waals surface area contributed by atoms with E-state index in [1.54, 1.807) is 0 Å². The molecule has 4 N–H and O–H groups in total. The van der Waals surface area contributed by atoms with Gasteiger partial charge in [0.2, 0.25) is 5.91 Å². The van der Waals surface area contributed by atoms with Crippen LogP contribution in [0.2, 0.25) is 0 Å². The average Bonchev–Trinajstić information content (AvgIpc) is 2.86. The number of nitrogens with zero attached hydrogens (tertiary/aromatic N) is 1. The average molecular weight is 425 g/mol. The first-order chi connectivity index (χ1) is 10.5. The molecule has 1 fully saturated rings. The summed E-state index contributed by atoms with van der Waals surface area (Å²) in [5, 5.41) is 21.3. The highest BCUT2D eigenvalue weighted by atomic mass is 127. The van der Waals surface area contributed by atoms with Crippen LogP contribution < -0.4 is 16.6 Å². The Kier molecular flexibility index (Phi) is 5.72. The fourth-order valence-electron chi connectivity index (χ4n) is 2.16. The number of rotatable bonds is 5. The fraction of sp³-hybridized carbons (Fsp3) is 0.583. The van der Waals surface area contributed by atoms with Crippen LogP contribution in [0.15, 0.2) is 15.8 Å². The molecule has 0 radical (unpaired) electrons. The van der Waals surface area contributed by atoms with Crippen LogP contribution in [0.1, 0.15) is 18.2 Å². The van der Waals surface area contributed by atoms with Crippen LogP contribution >= 0.6 is 22.6 Å². The smallest absolute Gasteiger partial charge is 0.330 e. The first-order valence-electron chi connectivity index (χ1n) is 6.57.